The highest BCUT2D eigenvalue weighted by molar-refractivity contribution is 7.99. The van der Waals surface area contributed by atoms with Gasteiger partial charge in [-0.05, 0) is 56.5 Å². The number of hydrogen-bond acceptors (Lipinski definition) is 7. The van der Waals surface area contributed by atoms with Crippen LogP contribution in [0.4, 0.5) is 11.6 Å². The van der Waals surface area contributed by atoms with Gasteiger partial charge in [-0.2, -0.15) is 0 Å². The first-order valence-electron chi connectivity index (χ1n) is 11.3. The molecule has 0 bridgehead atoms. The van der Waals surface area contributed by atoms with E-state index in [1.54, 1.807) is 0 Å². The second-order valence-corrected chi connectivity index (χ2v) is 9.31. The summed E-state index contributed by atoms with van der Waals surface area (Å²) >= 11 is 1.25. The predicted molar refractivity (Wildman–Crippen MR) is 135 cm³/mol. The van der Waals surface area contributed by atoms with Crippen LogP contribution in [0.5, 0.6) is 0 Å². The van der Waals surface area contributed by atoms with Gasteiger partial charge in [0, 0.05) is 29.9 Å². The zero-order valence-electron chi connectivity index (χ0n) is 19.4. The number of aryl methyl sites for hydroxylation is 1. The summed E-state index contributed by atoms with van der Waals surface area (Å²) in [7, 11) is 0. The summed E-state index contributed by atoms with van der Waals surface area (Å²) in [5.41, 5.74) is 13.1. The summed E-state index contributed by atoms with van der Waals surface area (Å²) < 4.78 is 1.97. The molecule has 1 fully saturated rings. The van der Waals surface area contributed by atoms with Gasteiger partial charge in [0.05, 0.1) is 11.4 Å². The summed E-state index contributed by atoms with van der Waals surface area (Å²) in [6.07, 6.45) is 3.40. The zero-order chi connectivity index (χ0) is 24.9. The van der Waals surface area contributed by atoms with Crippen LogP contribution in [0.15, 0.2) is 47.6 Å². The van der Waals surface area contributed by atoms with Crippen LogP contribution in [0.2, 0.25) is 0 Å². The lowest BCUT2D eigenvalue weighted by atomic mass is 10.1. The maximum absolute atomic E-state index is 12.7. The number of amides is 3. The highest BCUT2D eigenvalue weighted by Gasteiger charge is 2.22. The number of thioether (sulfide) groups is 1. The first-order valence-corrected chi connectivity index (χ1v) is 12.2. The van der Waals surface area contributed by atoms with Crippen molar-refractivity contribution in [2.75, 3.05) is 29.1 Å². The van der Waals surface area contributed by atoms with E-state index in [1.807, 2.05) is 35.8 Å². The van der Waals surface area contributed by atoms with Crippen LogP contribution >= 0.6 is 11.8 Å². The minimum atomic E-state index is -0.727. The smallest absolute Gasteiger partial charge is 0.248 e. The number of hydrogen-bond donors (Lipinski definition) is 3. The van der Waals surface area contributed by atoms with Crippen molar-refractivity contribution in [3.05, 3.63) is 59.2 Å². The third kappa shape index (κ3) is 5.80. The quantitative estimate of drug-likeness (QED) is 0.408. The maximum atomic E-state index is 12.7. The molecular formula is C24H27N7O3S. The van der Waals surface area contributed by atoms with Crippen molar-refractivity contribution >= 4 is 41.1 Å². The Morgan fingerprint density at radius 2 is 1.57 bits per heavy atom. The third-order valence-corrected chi connectivity index (χ3v) is 6.59. The Balaban J connectivity index is 1.54. The summed E-state index contributed by atoms with van der Waals surface area (Å²) in [6.45, 7) is 3.85. The Bertz CT molecular complexity index is 1220. The van der Waals surface area contributed by atoms with E-state index in [9.17, 15) is 14.4 Å². The summed E-state index contributed by atoms with van der Waals surface area (Å²) in [6, 6.07) is 12.2. The minimum absolute atomic E-state index is 0.0384. The second-order valence-electron chi connectivity index (χ2n) is 8.37. The van der Waals surface area contributed by atoms with Crippen molar-refractivity contribution in [1.82, 2.24) is 14.8 Å². The number of nitrogens with one attached hydrogen (secondary N) is 1. The number of primary amides is 2. The van der Waals surface area contributed by atoms with Crippen LogP contribution in [-0.2, 0) is 4.79 Å². The molecular weight excluding hydrogens is 466 g/mol. The molecule has 2 heterocycles. The number of carbonyl (C=O) groups is 3. The van der Waals surface area contributed by atoms with E-state index in [0.717, 1.165) is 43.1 Å². The Labute approximate surface area is 207 Å². The van der Waals surface area contributed by atoms with Gasteiger partial charge in [-0.3, -0.25) is 19.0 Å². The van der Waals surface area contributed by atoms with Crippen molar-refractivity contribution < 1.29 is 14.4 Å². The molecule has 2 aromatic carbocycles. The van der Waals surface area contributed by atoms with Crippen LogP contribution in [-0.4, -0.2) is 51.3 Å². The number of rotatable bonds is 8. The highest BCUT2D eigenvalue weighted by atomic mass is 32.2. The number of anilines is 2. The first-order chi connectivity index (χ1) is 16.8. The largest absolute Gasteiger partial charge is 0.366 e. The molecule has 1 aliphatic rings. The lowest BCUT2D eigenvalue weighted by molar-refractivity contribution is -0.113. The molecule has 3 aromatic rings. The SMILES string of the molecule is Cc1ccc(-n2c(SCC(=O)Nc3cc(C(N)=O)cc(C(N)=O)c3)nnc2N2CCCCC2)cc1. The fraction of sp³-hybridized carbons (Fsp3) is 0.292. The van der Waals surface area contributed by atoms with Crippen LogP contribution in [0.3, 0.4) is 0 Å². The van der Waals surface area contributed by atoms with Gasteiger partial charge in [0.15, 0.2) is 5.16 Å². The normalized spacial score (nSPS) is 13.5. The van der Waals surface area contributed by atoms with Gasteiger partial charge in [-0.15, -0.1) is 10.2 Å². The molecule has 4 rings (SSSR count). The van der Waals surface area contributed by atoms with Crippen molar-refractivity contribution in [2.24, 2.45) is 11.5 Å². The lowest BCUT2D eigenvalue weighted by Gasteiger charge is -2.27. The van der Waals surface area contributed by atoms with E-state index in [1.165, 1.54) is 36.4 Å². The Kier molecular flexibility index (Phi) is 7.35. The third-order valence-electron chi connectivity index (χ3n) is 5.67. The van der Waals surface area contributed by atoms with E-state index in [2.05, 4.69) is 20.4 Å². The van der Waals surface area contributed by atoms with Gasteiger partial charge in [-0.25, -0.2) is 0 Å². The van der Waals surface area contributed by atoms with Crippen LogP contribution in [0.25, 0.3) is 5.69 Å². The highest BCUT2D eigenvalue weighted by Crippen LogP contribution is 2.28. The predicted octanol–water partition coefficient (Wildman–Crippen LogP) is 2.49. The number of aromatic nitrogens is 3. The molecule has 0 saturated carbocycles. The van der Waals surface area contributed by atoms with Crippen LogP contribution < -0.4 is 21.7 Å². The van der Waals surface area contributed by atoms with E-state index < -0.39 is 11.8 Å². The summed E-state index contributed by atoms with van der Waals surface area (Å²) in [5, 5.41) is 12.1. The molecule has 1 saturated heterocycles. The van der Waals surface area contributed by atoms with Gasteiger partial charge >= 0.3 is 0 Å². The Hall–Kier alpha value is -3.86. The van der Waals surface area contributed by atoms with E-state index in [0.29, 0.717) is 5.16 Å². The van der Waals surface area contributed by atoms with E-state index >= 15 is 0 Å². The van der Waals surface area contributed by atoms with Gasteiger partial charge in [0.2, 0.25) is 23.7 Å². The number of piperidine rings is 1. The van der Waals surface area contributed by atoms with Gasteiger partial charge in [0.1, 0.15) is 0 Å². The molecule has 11 heteroatoms. The molecule has 10 nitrogen and oxygen atoms in total. The molecule has 3 amide bonds. The average molecular weight is 494 g/mol. The molecule has 35 heavy (non-hydrogen) atoms. The van der Waals surface area contributed by atoms with Crippen LogP contribution in [0, 0.1) is 6.92 Å². The molecule has 1 aliphatic heterocycles. The van der Waals surface area contributed by atoms with Crippen molar-refractivity contribution in [3.63, 3.8) is 0 Å². The Morgan fingerprint density at radius 3 is 2.17 bits per heavy atom. The van der Waals surface area contributed by atoms with Crippen molar-refractivity contribution in [1.29, 1.82) is 0 Å². The standard InChI is InChI=1S/C24H27N7O3S/c1-15-5-7-19(8-6-15)31-23(30-9-3-2-4-10-30)28-29-24(31)35-14-20(32)27-18-12-16(21(25)33)11-17(13-18)22(26)34/h5-8,11-13H,2-4,9-10,14H2,1H3,(H2,25,33)(H2,26,34)(H,27,32). The second kappa shape index (κ2) is 10.6. The number of nitrogens with two attached hydrogens (primary N) is 2. The first kappa shape index (κ1) is 24.3. The zero-order valence-corrected chi connectivity index (χ0v) is 20.2. The molecule has 5 N–H and O–H groups in total. The molecule has 1 aromatic heterocycles. The van der Waals surface area contributed by atoms with Crippen LogP contribution in [0.1, 0.15) is 45.5 Å². The average Bonchev–Trinajstić information content (AvgIpc) is 3.27. The molecule has 0 atom stereocenters. The van der Waals surface area contributed by atoms with Crippen molar-refractivity contribution in [2.45, 2.75) is 31.3 Å². The molecule has 0 spiro atoms. The molecule has 0 aliphatic carbocycles. The monoisotopic (exact) mass is 493 g/mol. The minimum Gasteiger partial charge on any atom is -0.366 e. The molecule has 0 unspecified atom stereocenters. The van der Waals surface area contributed by atoms with Gasteiger partial charge < -0.3 is 21.7 Å². The topological polar surface area (TPSA) is 149 Å². The fourth-order valence-electron chi connectivity index (χ4n) is 3.89. The lowest BCUT2D eigenvalue weighted by Crippen LogP contribution is -2.31. The maximum Gasteiger partial charge on any atom is 0.248 e. The number of benzene rings is 2. The molecule has 0 radical (unpaired) electrons. The fourth-order valence-corrected chi connectivity index (χ4v) is 4.63. The molecule has 182 valence electrons. The van der Waals surface area contributed by atoms with E-state index in [-0.39, 0.29) is 28.5 Å². The number of carbonyl (C=O) groups excluding carboxylic acids is 3. The number of nitrogens with zero attached hydrogens (tertiary/aromatic N) is 4. The Morgan fingerprint density at radius 1 is 0.943 bits per heavy atom. The van der Waals surface area contributed by atoms with Gasteiger partial charge in [0.25, 0.3) is 0 Å². The summed E-state index contributed by atoms with van der Waals surface area (Å²) in [4.78, 5) is 38.1. The van der Waals surface area contributed by atoms with E-state index in [4.69, 9.17) is 11.5 Å². The summed E-state index contributed by atoms with van der Waals surface area (Å²) in [5.74, 6) is -0.998. The van der Waals surface area contributed by atoms with Crippen molar-refractivity contribution in [3.8, 4) is 5.69 Å². The van der Waals surface area contributed by atoms with Gasteiger partial charge in [-0.1, -0.05) is 29.5 Å².